The molecule has 3 rings (SSSR count). The molecule has 1 fully saturated rings. The van der Waals surface area contributed by atoms with Gasteiger partial charge in [0, 0.05) is 24.4 Å². The molecule has 0 spiro atoms. The lowest BCUT2D eigenvalue weighted by Crippen LogP contribution is -2.06. The Morgan fingerprint density at radius 1 is 1.29 bits per heavy atom. The van der Waals surface area contributed by atoms with Crippen LogP contribution in [0.1, 0.15) is 43.0 Å². The molecule has 0 amide bonds. The highest BCUT2D eigenvalue weighted by atomic mass is 19.1. The molecule has 1 heterocycles. The van der Waals surface area contributed by atoms with Crippen LogP contribution in [0.3, 0.4) is 0 Å². The molecular formula is C16H20FN3O. The van der Waals surface area contributed by atoms with Gasteiger partial charge in [-0.3, -0.25) is 4.68 Å². The second-order valence-corrected chi connectivity index (χ2v) is 5.47. The van der Waals surface area contributed by atoms with Crippen molar-refractivity contribution in [3.63, 3.8) is 0 Å². The smallest absolute Gasteiger partial charge is 0.132 e. The first-order valence-electron chi connectivity index (χ1n) is 7.41. The van der Waals surface area contributed by atoms with Crippen LogP contribution in [0.2, 0.25) is 0 Å². The highest BCUT2D eigenvalue weighted by Crippen LogP contribution is 2.28. The molecule has 0 bridgehead atoms. The number of hydrogen-bond donors (Lipinski definition) is 1. The maximum atomic E-state index is 13.6. The molecule has 2 N–H and O–H groups in total. The minimum Gasteiger partial charge on any atom is -0.487 e. The van der Waals surface area contributed by atoms with E-state index in [0.29, 0.717) is 24.0 Å². The number of ether oxygens (including phenoxy) is 1. The fourth-order valence-electron chi connectivity index (χ4n) is 2.77. The van der Waals surface area contributed by atoms with Gasteiger partial charge < -0.3 is 10.5 Å². The van der Waals surface area contributed by atoms with Crippen LogP contribution >= 0.6 is 0 Å². The number of nitrogens with two attached hydrogens (primary N) is 1. The molecule has 0 radical (unpaired) electrons. The molecule has 1 aromatic heterocycles. The predicted molar refractivity (Wildman–Crippen MR) is 78.4 cm³/mol. The van der Waals surface area contributed by atoms with Crippen molar-refractivity contribution in [3.05, 3.63) is 47.5 Å². The molecule has 1 aliphatic carbocycles. The normalized spacial score (nSPS) is 15.5. The van der Waals surface area contributed by atoms with E-state index in [-0.39, 0.29) is 12.4 Å². The number of halogens is 1. The number of nitrogens with zero attached hydrogens (tertiary/aromatic N) is 2. The number of rotatable bonds is 5. The average molecular weight is 289 g/mol. The summed E-state index contributed by atoms with van der Waals surface area (Å²) in [5, 5.41) is 4.54. The summed E-state index contributed by atoms with van der Waals surface area (Å²) in [4.78, 5) is 0. The van der Waals surface area contributed by atoms with E-state index in [1.165, 1.54) is 31.7 Å². The summed E-state index contributed by atoms with van der Waals surface area (Å²) in [7, 11) is 0. The monoisotopic (exact) mass is 289 g/mol. The Labute approximate surface area is 123 Å². The maximum absolute atomic E-state index is 13.6. The molecule has 4 nitrogen and oxygen atoms in total. The van der Waals surface area contributed by atoms with Gasteiger partial charge in [0.15, 0.2) is 0 Å². The van der Waals surface area contributed by atoms with Crippen molar-refractivity contribution in [1.29, 1.82) is 0 Å². The minimum absolute atomic E-state index is 0.192. The van der Waals surface area contributed by atoms with Crippen molar-refractivity contribution < 1.29 is 9.13 Å². The minimum atomic E-state index is -0.327. The van der Waals surface area contributed by atoms with Gasteiger partial charge >= 0.3 is 0 Å². The Balaban J connectivity index is 1.61. The van der Waals surface area contributed by atoms with Crippen LogP contribution in [-0.4, -0.2) is 9.78 Å². The summed E-state index contributed by atoms with van der Waals surface area (Å²) < 4.78 is 21.2. The fraction of sp³-hybridized carbons (Fsp3) is 0.438. The number of aromatic nitrogens is 2. The van der Waals surface area contributed by atoms with Gasteiger partial charge in [-0.25, -0.2) is 4.39 Å². The van der Waals surface area contributed by atoms with Crippen molar-refractivity contribution in [2.45, 2.75) is 44.9 Å². The summed E-state index contributed by atoms with van der Waals surface area (Å²) in [6.45, 7) is 0.541. The Bertz CT molecular complexity index is 605. The van der Waals surface area contributed by atoms with Crippen molar-refractivity contribution in [2.75, 3.05) is 0 Å². The van der Waals surface area contributed by atoms with Crippen LogP contribution in [-0.2, 0) is 13.2 Å². The summed E-state index contributed by atoms with van der Waals surface area (Å²) in [6.07, 6.45) is 6.97. The van der Waals surface area contributed by atoms with E-state index >= 15 is 0 Å². The Kier molecular flexibility index (Phi) is 4.20. The first-order chi connectivity index (χ1) is 10.3. The molecule has 1 aromatic carbocycles. The van der Waals surface area contributed by atoms with E-state index in [1.54, 1.807) is 12.1 Å². The average Bonchev–Trinajstić information content (AvgIpc) is 3.16. The predicted octanol–water partition coefficient (Wildman–Crippen LogP) is 3.18. The van der Waals surface area contributed by atoms with Gasteiger partial charge in [0.2, 0.25) is 0 Å². The summed E-state index contributed by atoms with van der Waals surface area (Å²) in [5.74, 6) is 0.173. The van der Waals surface area contributed by atoms with Gasteiger partial charge in [0.05, 0.1) is 11.7 Å². The third kappa shape index (κ3) is 3.24. The third-order valence-corrected chi connectivity index (χ3v) is 3.99. The van der Waals surface area contributed by atoms with Crippen molar-refractivity contribution in [3.8, 4) is 5.75 Å². The zero-order valence-electron chi connectivity index (χ0n) is 12.0. The summed E-state index contributed by atoms with van der Waals surface area (Å²) in [6, 6.07) is 7.25. The lowest BCUT2D eigenvalue weighted by Gasteiger charge is -2.09. The SMILES string of the molecule is NCc1ccc(OCc2ccn(C3CCCC3)n2)cc1F. The van der Waals surface area contributed by atoms with E-state index in [2.05, 4.69) is 5.10 Å². The fourth-order valence-corrected chi connectivity index (χ4v) is 2.77. The zero-order chi connectivity index (χ0) is 14.7. The van der Waals surface area contributed by atoms with Crippen LogP contribution in [0.15, 0.2) is 30.5 Å². The maximum Gasteiger partial charge on any atom is 0.132 e. The van der Waals surface area contributed by atoms with Gasteiger partial charge in [-0.2, -0.15) is 5.10 Å². The molecule has 0 saturated heterocycles. The summed E-state index contributed by atoms with van der Waals surface area (Å²) in [5.41, 5.74) is 6.79. The van der Waals surface area contributed by atoms with E-state index in [0.717, 1.165) is 5.69 Å². The van der Waals surface area contributed by atoms with Crippen molar-refractivity contribution in [2.24, 2.45) is 5.73 Å². The van der Waals surface area contributed by atoms with Crippen molar-refractivity contribution >= 4 is 0 Å². The lowest BCUT2D eigenvalue weighted by atomic mass is 10.2. The Morgan fingerprint density at radius 3 is 2.81 bits per heavy atom. The first-order valence-corrected chi connectivity index (χ1v) is 7.41. The molecule has 112 valence electrons. The molecular weight excluding hydrogens is 269 g/mol. The van der Waals surface area contributed by atoms with Crippen LogP contribution in [0.4, 0.5) is 4.39 Å². The quantitative estimate of drug-likeness (QED) is 0.919. The molecule has 0 atom stereocenters. The van der Waals surface area contributed by atoms with Gasteiger partial charge in [0.25, 0.3) is 0 Å². The molecule has 1 saturated carbocycles. The molecule has 5 heteroatoms. The zero-order valence-corrected chi connectivity index (χ0v) is 12.0. The molecule has 21 heavy (non-hydrogen) atoms. The highest BCUT2D eigenvalue weighted by molar-refractivity contribution is 5.29. The number of benzene rings is 1. The van der Waals surface area contributed by atoms with Crippen molar-refractivity contribution in [1.82, 2.24) is 9.78 Å². The standard InChI is InChI=1S/C16H20FN3O/c17-16-9-15(6-5-12(16)10-18)21-11-13-7-8-20(19-13)14-3-1-2-4-14/h5-9,14H,1-4,10-11,18H2. The van der Waals surface area contributed by atoms with E-state index in [9.17, 15) is 4.39 Å². The van der Waals surface area contributed by atoms with Crippen LogP contribution in [0.25, 0.3) is 0 Å². The van der Waals surface area contributed by atoms with Crippen LogP contribution in [0.5, 0.6) is 5.75 Å². The lowest BCUT2D eigenvalue weighted by molar-refractivity contribution is 0.296. The van der Waals surface area contributed by atoms with Gasteiger partial charge in [-0.1, -0.05) is 18.9 Å². The van der Waals surface area contributed by atoms with Gasteiger partial charge in [-0.05, 0) is 25.0 Å². The van der Waals surface area contributed by atoms with Crippen LogP contribution < -0.4 is 10.5 Å². The van der Waals surface area contributed by atoms with E-state index in [4.69, 9.17) is 10.5 Å². The largest absolute Gasteiger partial charge is 0.487 e. The molecule has 2 aromatic rings. The summed E-state index contributed by atoms with van der Waals surface area (Å²) >= 11 is 0. The third-order valence-electron chi connectivity index (χ3n) is 3.99. The van der Waals surface area contributed by atoms with Crippen LogP contribution in [0, 0.1) is 5.82 Å². The molecule has 0 unspecified atom stereocenters. The Hall–Kier alpha value is -1.88. The molecule has 0 aliphatic heterocycles. The second-order valence-electron chi connectivity index (χ2n) is 5.47. The van der Waals surface area contributed by atoms with Gasteiger partial charge in [-0.15, -0.1) is 0 Å². The van der Waals surface area contributed by atoms with E-state index < -0.39 is 0 Å². The second kappa shape index (κ2) is 6.26. The van der Waals surface area contributed by atoms with Gasteiger partial charge in [0.1, 0.15) is 18.2 Å². The molecule has 1 aliphatic rings. The number of hydrogen-bond acceptors (Lipinski definition) is 3. The first kappa shape index (κ1) is 14.1. The van der Waals surface area contributed by atoms with E-state index in [1.807, 2.05) is 16.9 Å². The Morgan fingerprint density at radius 2 is 2.10 bits per heavy atom. The highest BCUT2D eigenvalue weighted by Gasteiger charge is 2.17. The topological polar surface area (TPSA) is 53.1 Å².